The van der Waals surface area contributed by atoms with E-state index < -0.39 is 24.3 Å². The molecule has 0 spiro atoms. The summed E-state index contributed by atoms with van der Waals surface area (Å²) in [4.78, 5) is 35.5. The molecule has 0 unspecified atom stereocenters. The number of carboxylic acid groups (broad SMARTS) is 1. The number of carbonyl (C=O) groups is 3. The van der Waals surface area contributed by atoms with Gasteiger partial charge < -0.3 is 14.6 Å². The van der Waals surface area contributed by atoms with E-state index in [0.29, 0.717) is 16.4 Å². The SMILES string of the molecule is Cc1ccc(Oc2ccc3c(c2)C(=O)N(CC(=O)[O-])C3=O)cc1. The molecule has 3 rings (SSSR count). The van der Waals surface area contributed by atoms with Gasteiger partial charge in [0.2, 0.25) is 0 Å². The van der Waals surface area contributed by atoms with Gasteiger partial charge in [0.25, 0.3) is 11.8 Å². The number of carboxylic acids is 1. The molecule has 0 saturated carbocycles. The second-order valence-electron chi connectivity index (χ2n) is 5.19. The van der Waals surface area contributed by atoms with Crippen LogP contribution in [0.3, 0.4) is 0 Å². The minimum Gasteiger partial charge on any atom is -0.548 e. The molecule has 0 aliphatic carbocycles. The Morgan fingerprint density at radius 2 is 1.61 bits per heavy atom. The van der Waals surface area contributed by atoms with Crippen molar-refractivity contribution < 1.29 is 24.2 Å². The molecule has 2 aromatic rings. The molecular formula is C17H12NO5-. The van der Waals surface area contributed by atoms with E-state index in [2.05, 4.69) is 0 Å². The minimum absolute atomic E-state index is 0.126. The normalized spacial score (nSPS) is 13.2. The van der Waals surface area contributed by atoms with Crippen molar-refractivity contribution in [3.05, 3.63) is 59.2 Å². The largest absolute Gasteiger partial charge is 0.548 e. The van der Waals surface area contributed by atoms with Gasteiger partial charge in [0.1, 0.15) is 11.5 Å². The van der Waals surface area contributed by atoms with Crippen LogP contribution in [0.4, 0.5) is 0 Å². The Morgan fingerprint density at radius 1 is 1.00 bits per heavy atom. The zero-order valence-corrected chi connectivity index (χ0v) is 12.2. The third kappa shape index (κ3) is 2.78. The van der Waals surface area contributed by atoms with Crippen molar-refractivity contribution in [3.8, 4) is 11.5 Å². The van der Waals surface area contributed by atoms with E-state index in [1.165, 1.54) is 12.1 Å². The van der Waals surface area contributed by atoms with E-state index in [1.54, 1.807) is 18.2 Å². The number of fused-ring (bicyclic) bond motifs is 1. The van der Waals surface area contributed by atoms with Gasteiger partial charge in [0.05, 0.1) is 23.6 Å². The van der Waals surface area contributed by atoms with Gasteiger partial charge in [-0.15, -0.1) is 0 Å². The lowest BCUT2D eigenvalue weighted by atomic mass is 10.1. The fourth-order valence-corrected chi connectivity index (χ4v) is 2.35. The summed E-state index contributed by atoms with van der Waals surface area (Å²) in [5.41, 5.74) is 1.37. The maximum absolute atomic E-state index is 12.2. The zero-order valence-electron chi connectivity index (χ0n) is 12.2. The predicted molar refractivity (Wildman–Crippen MR) is 78.1 cm³/mol. The maximum atomic E-state index is 12.2. The van der Waals surface area contributed by atoms with Crippen LogP contribution in [-0.2, 0) is 4.79 Å². The molecule has 1 aliphatic heterocycles. The highest BCUT2D eigenvalue weighted by atomic mass is 16.5. The van der Waals surface area contributed by atoms with Crippen molar-refractivity contribution in [1.82, 2.24) is 4.90 Å². The van der Waals surface area contributed by atoms with Gasteiger partial charge >= 0.3 is 0 Å². The molecule has 0 saturated heterocycles. The monoisotopic (exact) mass is 310 g/mol. The Kier molecular flexibility index (Phi) is 3.57. The Bertz CT molecular complexity index is 810. The lowest BCUT2D eigenvalue weighted by Crippen LogP contribution is -2.41. The Balaban J connectivity index is 1.88. The van der Waals surface area contributed by atoms with Gasteiger partial charge in [0.15, 0.2) is 0 Å². The lowest BCUT2D eigenvalue weighted by Gasteiger charge is -2.13. The summed E-state index contributed by atoms with van der Waals surface area (Å²) in [6.07, 6.45) is 0. The Morgan fingerprint density at radius 3 is 2.26 bits per heavy atom. The van der Waals surface area contributed by atoms with E-state index >= 15 is 0 Å². The van der Waals surface area contributed by atoms with E-state index in [4.69, 9.17) is 4.74 Å². The second kappa shape index (κ2) is 5.57. The first-order valence-electron chi connectivity index (χ1n) is 6.90. The first kappa shape index (κ1) is 14.8. The third-order valence-electron chi connectivity index (χ3n) is 3.49. The highest BCUT2D eigenvalue weighted by Gasteiger charge is 2.35. The number of rotatable bonds is 4. The predicted octanol–water partition coefficient (Wildman–Crippen LogP) is 1.13. The lowest BCUT2D eigenvalue weighted by molar-refractivity contribution is -0.305. The number of hydrogen-bond acceptors (Lipinski definition) is 5. The molecule has 6 nitrogen and oxygen atoms in total. The average molecular weight is 310 g/mol. The number of amides is 2. The van der Waals surface area contributed by atoms with E-state index in [9.17, 15) is 19.5 Å². The van der Waals surface area contributed by atoms with Gasteiger partial charge in [-0.05, 0) is 37.3 Å². The van der Waals surface area contributed by atoms with E-state index in [1.807, 2.05) is 19.1 Å². The van der Waals surface area contributed by atoms with Crippen LogP contribution in [0.5, 0.6) is 11.5 Å². The van der Waals surface area contributed by atoms with Crippen molar-refractivity contribution >= 4 is 17.8 Å². The van der Waals surface area contributed by atoms with Gasteiger partial charge in [-0.3, -0.25) is 14.5 Å². The molecule has 2 aromatic carbocycles. The molecule has 0 atom stereocenters. The Labute approximate surface area is 131 Å². The number of carbonyl (C=O) groups excluding carboxylic acids is 3. The van der Waals surface area contributed by atoms with Crippen molar-refractivity contribution in [2.24, 2.45) is 0 Å². The second-order valence-corrected chi connectivity index (χ2v) is 5.19. The molecule has 0 bridgehead atoms. The first-order valence-corrected chi connectivity index (χ1v) is 6.90. The molecule has 0 N–H and O–H groups in total. The number of imide groups is 1. The van der Waals surface area contributed by atoms with Crippen LogP contribution >= 0.6 is 0 Å². The number of ether oxygens (including phenoxy) is 1. The quantitative estimate of drug-likeness (QED) is 0.790. The minimum atomic E-state index is -1.49. The Hall–Kier alpha value is -3.15. The molecule has 1 heterocycles. The van der Waals surface area contributed by atoms with E-state index in [0.717, 1.165) is 5.56 Å². The van der Waals surface area contributed by atoms with Crippen molar-refractivity contribution in [2.75, 3.05) is 6.54 Å². The van der Waals surface area contributed by atoms with Crippen molar-refractivity contribution in [1.29, 1.82) is 0 Å². The molecular weight excluding hydrogens is 298 g/mol. The molecule has 1 aliphatic rings. The summed E-state index contributed by atoms with van der Waals surface area (Å²) in [6, 6.07) is 11.8. The molecule has 116 valence electrons. The van der Waals surface area contributed by atoms with Gasteiger partial charge in [-0.25, -0.2) is 0 Å². The summed E-state index contributed by atoms with van der Waals surface area (Å²) in [5.74, 6) is -1.81. The standard InChI is InChI=1S/C17H13NO5/c1-10-2-4-11(5-3-10)23-12-6-7-13-14(8-12)17(22)18(16(13)21)9-15(19)20/h2-8H,9H2,1H3,(H,19,20)/p-1. The van der Waals surface area contributed by atoms with E-state index in [-0.39, 0.29) is 11.1 Å². The number of benzene rings is 2. The van der Waals surface area contributed by atoms with Crippen LogP contribution < -0.4 is 9.84 Å². The summed E-state index contributed by atoms with van der Waals surface area (Å²) in [6.45, 7) is 1.19. The van der Waals surface area contributed by atoms with Crippen LogP contribution in [-0.4, -0.2) is 29.2 Å². The number of aliphatic carboxylic acids is 1. The van der Waals surface area contributed by atoms with Gasteiger partial charge in [-0.1, -0.05) is 17.7 Å². The van der Waals surface area contributed by atoms with Crippen LogP contribution in [0, 0.1) is 6.92 Å². The first-order chi connectivity index (χ1) is 11.0. The van der Waals surface area contributed by atoms with Crippen molar-refractivity contribution in [2.45, 2.75) is 6.92 Å². The molecule has 23 heavy (non-hydrogen) atoms. The molecule has 0 aromatic heterocycles. The van der Waals surface area contributed by atoms with Gasteiger partial charge in [0, 0.05) is 0 Å². The summed E-state index contributed by atoms with van der Waals surface area (Å²) in [7, 11) is 0. The molecule has 0 fully saturated rings. The maximum Gasteiger partial charge on any atom is 0.262 e. The van der Waals surface area contributed by atoms with Crippen LogP contribution in [0.25, 0.3) is 0 Å². The zero-order chi connectivity index (χ0) is 16.6. The van der Waals surface area contributed by atoms with Crippen LogP contribution in [0.15, 0.2) is 42.5 Å². The smallest absolute Gasteiger partial charge is 0.262 e. The fourth-order valence-electron chi connectivity index (χ4n) is 2.35. The fraction of sp³-hybridized carbons (Fsp3) is 0.118. The third-order valence-corrected chi connectivity index (χ3v) is 3.49. The van der Waals surface area contributed by atoms with Gasteiger partial charge in [-0.2, -0.15) is 0 Å². The molecule has 2 amide bonds. The molecule has 6 heteroatoms. The van der Waals surface area contributed by atoms with Crippen LogP contribution in [0.2, 0.25) is 0 Å². The highest BCUT2D eigenvalue weighted by molar-refractivity contribution is 6.22. The topological polar surface area (TPSA) is 86.7 Å². The van der Waals surface area contributed by atoms with Crippen LogP contribution in [0.1, 0.15) is 26.3 Å². The number of hydrogen-bond donors (Lipinski definition) is 0. The average Bonchev–Trinajstić information content (AvgIpc) is 2.74. The van der Waals surface area contributed by atoms with Crippen molar-refractivity contribution in [3.63, 3.8) is 0 Å². The summed E-state index contributed by atoms with van der Waals surface area (Å²) < 4.78 is 5.65. The summed E-state index contributed by atoms with van der Waals surface area (Å²) >= 11 is 0. The number of aryl methyl sites for hydroxylation is 1. The highest BCUT2D eigenvalue weighted by Crippen LogP contribution is 2.29. The molecule has 0 radical (unpaired) electrons. The number of nitrogens with zero attached hydrogens (tertiary/aromatic N) is 1. The summed E-state index contributed by atoms with van der Waals surface area (Å²) in [5, 5.41) is 10.7.